The average molecular weight is 358 g/mol. The Morgan fingerprint density at radius 1 is 1.18 bits per heavy atom. The van der Waals surface area contributed by atoms with Crippen molar-refractivity contribution in [1.82, 2.24) is 4.98 Å². The number of ether oxygens (including phenoxy) is 1. The van der Waals surface area contributed by atoms with Crippen molar-refractivity contribution >= 4 is 39.1 Å². The number of aromatic nitrogens is 1. The number of esters is 1. The highest BCUT2D eigenvalue weighted by Gasteiger charge is 2.07. The van der Waals surface area contributed by atoms with E-state index in [9.17, 15) is 4.79 Å². The van der Waals surface area contributed by atoms with Gasteiger partial charge < -0.3 is 9.15 Å². The molecule has 110 valence electrons. The molecule has 3 aromatic rings. The van der Waals surface area contributed by atoms with Gasteiger partial charge in [-0.3, -0.25) is 0 Å². The highest BCUT2D eigenvalue weighted by molar-refractivity contribution is 9.10. The molecule has 0 fully saturated rings. The van der Waals surface area contributed by atoms with Crippen LogP contribution in [0.3, 0.4) is 0 Å². The molecule has 5 heteroatoms. The number of carbonyl (C=O) groups is 1. The van der Waals surface area contributed by atoms with Crippen LogP contribution in [-0.4, -0.2) is 11.0 Å². The van der Waals surface area contributed by atoms with Crippen molar-refractivity contribution in [2.45, 2.75) is 6.61 Å². The smallest absolute Gasteiger partial charge is 0.331 e. The molecular formula is C17H12BrNO3. The van der Waals surface area contributed by atoms with E-state index < -0.39 is 5.97 Å². The first-order valence-electron chi connectivity index (χ1n) is 6.66. The van der Waals surface area contributed by atoms with Gasteiger partial charge in [-0.1, -0.05) is 46.3 Å². The van der Waals surface area contributed by atoms with Crippen molar-refractivity contribution in [2.24, 2.45) is 0 Å². The van der Waals surface area contributed by atoms with Crippen LogP contribution in [0.15, 0.2) is 63.5 Å². The Labute approximate surface area is 135 Å². The van der Waals surface area contributed by atoms with Gasteiger partial charge in [-0.25, -0.2) is 9.78 Å². The van der Waals surface area contributed by atoms with Crippen molar-refractivity contribution < 1.29 is 13.9 Å². The summed E-state index contributed by atoms with van der Waals surface area (Å²) in [5, 5.41) is 0. The van der Waals surface area contributed by atoms with Crippen LogP contribution in [-0.2, 0) is 16.1 Å². The molecule has 22 heavy (non-hydrogen) atoms. The Morgan fingerprint density at radius 3 is 2.77 bits per heavy atom. The molecule has 3 rings (SSSR count). The normalized spacial score (nSPS) is 11.1. The maximum absolute atomic E-state index is 11.7. The monoisotopic (exact) mass is 357 g/mol. The van der Waals surface area contributed by atoms with E-state index in [2.05, 4.69) is 20.9 Å². The Hall–Kier alpha value is -2.40. The standard InChI is InChI=1S/C17H12BrNO3/c18-13-6-2-1-5-12(13)9-10-17(20)21-11-16-19-14-7-3-4-8-15(14)22-16/h1-10H,11H2/b10-9+. The lowest BCUT2D eigenvalue weighted by Crippen LogP contribution is -2.00. The minimum absolute atomic E-state index is 0.00775. The van der Waals surface area contributed by atoms with Gasteiger partial charge in [0.1, 0.15) is 5.52 Å². The molecule has 0 saturated heterocycles. The summed E-state index contributed by atoms with van der Waals surface area (Å²) in [6.45, 7) is 0.00775. The van der Waals surface area contributed by atoms with E-state index in [1.54, 1.807) is 6.08 Å². The Bertz CT molecular complexity index is 806. The number of rotatable bonds is 4. The number of para-hydroxylation sites is 2. The van der Waals surface area contributed by atoms with Crippen LogP contribution in [0.25, 0.3) is 17.2 Å². The van der Waals surface area contributed by atoms with E-state index in [0.717, 1.165) is 15.6 Å². The van der Waals surface area contributed by atoms with E-state index in [4.69, 9.17) is 9.15 Å². The fourth-order valence-corrected chi connectivity index (χ4v) is 2.35. The molecule has 0 atom stereocenters. The highest BCUT2D eigenvalue weighted by atomic mass is 79.9. The lowest BCUT2D eigenvalue weighted by Gasteiger charge is -1.98. The van der Waals surface area contributed by atoms with Crippen LogP contribution in [0.2, 0.25) is 0 Å². The van der Waals surface area contributed by atoms with Crippen molar-refractivity contribution in [3.63, 3.8) is 0 Å². The van der Waals surface area contributed by atoms with Gasteiger partial charge in [0.05, 0.1) is 0 Å². The number of carbonyl (C=O) groups excluding carboxylic acids is 1. The molecule has 0 radical (unpaired) electrons. The minimum Gasteiger partial charge on any atom is -0.453 e. The molecule has 0 amide bonds. The minimum atomic E-state index is -0.446. The summed E-state index contributed by atoms with van der Waals surface area (Å²) in [6.07, 6.45) is 3.07. The lowest BCUT2D eigenvalue weighted by atomic mass is 10.2. The fraction of sp³-hybridized carbons (Fsp3) is 0.0588. The van der Waals surface area contributed by atoms with Crippen LogP contribution in [0, 0.1) is 0 Å². The SMILES string of the molecule is O=C(/C=C/c1ccccc1Br)OCc1nc2ccccc2o1. The predicted molar refractivity (Wildman–Crippen MR) is 87.0 cm³/mol. The molecule has 0 saturated carbocycles. The summed E-state index contributed by atoms with van der Waals surface area (Å²) in [7, 11) is 0. The Balaban J connectivity index is 1.61. The second-order valence-electron chi connectivity index (χ2n) is 4.54. The zero-order chi connectivity index (χ0) is 15.4. The number of benzene rings is 2. The quantitative estimate of drug-likeness (QED) is 0.514. The first-order chi connectivity index (χ1) is 10.7. The summed E-state index contributed by atoms with van der Waals surface area (Å²) in [5.74, 6) is -0.0677. The first kappa shape index (κ1) is 14.5. The number of hydrogen-bond donors (Lipinski definition) is 0. The number of halogens is 1. The van der Waals surface area contributed by atoms with Crippen LogP contribution in [0.4, 0.5) is 0 Å². The maximum Gasteiger partial charge on any atom is 0.331 e. The van der Waals surface area contributed by atoms with Gasteiger partial charge in [0, 0.05) is 10.5 Å². The summed E-state index contributed by atoms with van der Waals surface area (Å²) in [5.41, 5.74) is 2.33. The molecule has 0 aliphatic heterocycles. The summed E-state index contributed by atoms with van der Waals surface area (Å²) in [4.78, 5) is 16.0. The largest absolute Gasteiger partial charge is 0.453 e. The van der Waals surface area contributed by atoms with E-state index >= 15 is 0 Å². The van der Waals surface area contributed by atoms with Gasteiger partial charge in [-0.05, 0) is 29.8 Å². The first-order valence-corrected chi connectivity index (χ1v) is 7.45. The molecule has 1 heterocycles. The predicted octanol–water partition coefficient (Wildman–Crippen LogP) is 4.35. The molecule has 0 unspecified atom stereocenters. The zero-order valence-corrected chi connectivity index (χ0v) is 13.1. The van der Waals surface area contributed by atoms with Crippen LogP contribution >= 0.6 is 15.9 Å². The highest BCUT2D eigenvalue weighted by Crippen LogP contribution is 2.17. The fourth-order valence-electron chi connectivity index (χ4n) is 1.93. The van der Waals surface area contributed by atoms with E-state index in [1.807, 2.05) is 48.5 Å². The van der Waals surface area contributed by atoms with Gasteiger partial charge in [0.25, 0.3) is 0 Å². The second-order valence-corrected chi connectivity index (χ2v) is 5.39. The molecule has 2 aromatic carbocycles. The molecule has 0 spiro atoms. The zero-order valence-electron chi connectivity index (χ0n) is 11.5. The third-order valence-electron chi connectivity index (χ3n) is 2.98. The number of fused-ring (bicyclic) bond motifs is 1. The Kier molecular flexibility index (Phi) is 4.34. The van der Waals surface area contributed by atoms with Gasteiger partial charge in [-0.2, -0.15) is 0 Å². The number of hydrogen-bond acceptors (Lipinski definition) is 4. The van der Waals surface area contributed by atoms with E-state index in [0.29, 0.717) is 11.5 Å². The van der Waals surface area contributed by atoms with Crippen molar-refractivity contribution in [1.29, 1.82) is 0 Å². The third-order valence-corrected chi connectivity index (χ3v) is 3.70. The van der Waals surface area contributed by atoms with Gasteiger partial charge >= 0.3 is 5.97 Å². The Morgan fingerprint density at radius 2 is 1.95 bits per heavy atom. The molecule has 0 N–H and O–H groups in total. The maximum atomic E-state index is 11.7. The van der Waals surface area contributed by atoms with E-state index in [-0.39, 0.29) is 6.61 Å². The topological polar surface area (TPSA) is 52.3 Å². The molecular weight excluding hydrogens is 346 g/mol. The number of oxazole rings is 1. The van der Waals surface area contributed by atoms with Crippen LogP contribution in [0.5, 0.6) is 0 Å². The van der Waals surface area contributed by atoms with Crippen molar-refractivity contribution in [3.05, 3.63) is 70.5 Å². The summed E-state index contributed by atoms with van der Waals surface area (Å²) < 4.78 is 11.5. The lowest BCUT2D eigenvalue weighted by molar-refractivity contribution is -0.139. The summed E-state index contributed by atoms with van der Waals surface area (Å²) >= 11 is 3.41. The number of nitrogens with zero attached hydrogens (tertiary/aromatic N) is 1. The summed E-state index contributed by atoms with van der Waals surface area (Å²) in [6, 6.07) is 15.0. The molecule has 0 aliphatic carbocycles. The van der Waals surface area contributed by atoms with Crippen molar-refractivity contribution in [3.8, 4) is 0 Å². The molecule has 0 bridgehead atoms. The van der Waals surface area contributed by atoms with Gasteiger partial charge in [-0.15, -0.1) is 0 Å². The second kappa shape index (κ2) is 6.58. The average Bonchev–Trinajstić information content (AvgIpc) is 2.95. The van der Waals surface area contributed by atoms with Gasteiger partial charge in [0.15, 0.2) is 12.2 Å². The van der Waals surface area contributed by atoms with E-state index in [1.165, 1.54) is 6.08 Å². The molecule has 1 aromatic heterocycles. The molecule has 0 aliphatic rings. The van der Waals surface area contributed by atoms with Crippen LogP contribution in [0.1, 0.15) is 11.5 Å². The van der Waals surface area contributed by atoms with Gasteiger partial charge in [0.2, 0.25) is 5.89 Å². The third kappa shape index (κ3) is 3.43. The van der Waals surface area contributed by atoms with Crippen molar-refractivity contribution in [2.75, 3.05) is 0 Å². The molecule has 4 nitrogen and oxygen atoms in total. The van der Waals surface area contributed by atoms with Crippen LogP contribution < -0.4 is 0 Å².